The van der Waals surface area contributed by atoms with Gasteiger partial charge in [-0.05, 0) is 49.2 Å². The van der Waals surface area contributed by atoms with E-state index >= 15 is 0 Å². The molecule has 11 heteroatoms. The van der Waals surface area contributed by atoms with Gasteiger partial charge >= 0.3 is 0 Å². The largest absolute Gasteiger partial charge is 0.240 e. The molecule has 0 bridgehead atoms. The monoisotopic (exact) mass is 474 g/mol. The number of nitrogens with one attached hydrogen (secondary N) is 2. The second kappa shape index (κ2) is 9.56. The van der Waals surface area contributed by atoms with Gasteiger partial charge in [-0.15, -0.1) is 0 Å². The van der Waals surface area contributed by atoms with Gasteiger partial charge in [0.15, 0.2) is 9.84 Å². The highest BCUT2D eigenvalue weighted by Gasteiger charge is 2.17. The van der Waals surface area contributed by atoms with Crippen molar-refractivity contribution in [3.8, 4) is 0 Å². The highest BCUT2D eigenvalue weighted by atomic mass is 32.2. The minimum Gasteiger partial charge on any atom is -0.224 e. The summed E-state index contributed by atoms with van der Waals surface area (Å²) >= 11 is 0. The average molecular weight is 475 g/mol. The summed E-state index contributed by atoms with van der Waals surface area (Å²) in [6.07, 6.45) is 0. The Hall–Kier alpha value is -1.79. The van der Waals surface area contributed by atoms with E-state index in [0.29, 0.717) is 11.1 Å². The highest BCUT2D eigenvalue weighted by Crippen LogP contribution is 2.16. The third-order valence-electron chi connectivity index (χ3n) is 4.13. The van der Waals surface area contributed by atoms with Crippen LogP contribution in [0.2, 0.25) is 0 Å². The second-order valence-electron chi connectivity index (χ2n) is 7.05. The summed E-state index contributed by atoms with van der Waals surface area (Å²) < 4.78 is 77.5. The van der Waals surface area contributed by atoms with Crippen LogP contribution in [0, 0.1) is 0 Å². The van der Waals surface area contributed by atoms with Crippen LogP contribution >= 0.6 is 0 Å². The van der Waals surface area contributed by atoms with Gasteiger partial charge in [-0.3, -0.25) is 0 Å². The fraction of sp³-hybridized carbons (Fsp3) is 0.368. The van der Waals surface area contributed by atoms with E-state index in [4.69, 9.17) is 0 Å². The minimum absolute atomic E-state index is 0.00855. The van der Waals surface area contributed by atoms with Crippen molar-refractivity contribution in [1.29, 1.82) is 0 Å². The smallest absolute Gasteiger partial charge is 0.224 e. The van der Waals surface area contributed by atoms with Crippen LogP contribution in [0.25, 0.3) is 0 Å². The first kappa shape index (κ1) is 24.5. The van der Waals surface area contributed by atoms with Crippen LogP contribution < -0.4 is 9.44 Å². The molecule has 2 N–H and O–H groups in total. The van der Waals surface area contributed by atoms with Gasteiger partial charge in [0.25, 0.3) is 0 Å². The molecule has 0 aromatic heterocycles. The molecule has 2 rings (SSSR count). The van der Waals surface area contributed by atoms with Crippen molar-refractivity contribution in [3.63, 3.8) is 0 Å². The summed E-state index contributed by atoms with van der Waals surface area (Å²) in [6.45, 7) is 5.00. The number of sulfonamides is 2. The van der Waals surface area contributed by atoms with E-state index in [1.54, 1.807) is 38.1 Å². The molecular weight excluding hydrogens is 448 g/mol. The molecule has 0 heterocycles. The quantitative estimate of drug-likeness (QED) is 0.541. The van der Waals surface area contributed by atoms with Crippen molar-refractivity contribution in [1.82, 2.24) is 9.44 Å². The van der Waals surface area contributed by atoms with Crippen LogP contribution in [0.5, 0.6) is 0 Å². The molecule has 2 aromatic rings. The minimum atomic E-state index is -3.83. The molecule has 0 aliphatic carbocycles. The van der Waals surface area contributed by atoms with Crippen molar-refractivity contribution < 1.29 is 25.3 Å². The zero-order valence-corrected chi connectivity index (χ0v) is 19.4. The lowest BCUT2D eigenvalue weighted by molar-refractivity contribution is 0.569. The zero-order valence-electron chi connectivity index (χ0n) is 17.0. The molecule has 0 amide bonds. The summed E-state index contributed by atoms with van der Waals surface area (Å²) in [7, 11) is -10.7. The molecule has 0 saturated heterocycles. The lowest BCUT2D eigenvalue weighted by Crippen LogP contribution is -2.31. The standard InChI is InChI=1S/C19H26N2O6S3/c1-4-28(22,23)18-9-11-19(12-10-18)30(26,27)20-13-16-5-7-17(8-6-16)14-29(24,25)21-15(2)3/h5-12,15,20-21H,4,13-14H2,1-3H3. The Labute approximate surface area is 178 Å². The molecular formula is C19H26N2O6S3. The zero-order chi connectivity index (χ0) is 22.6. The molecule has 166 valence electrons. The molecule has 0 spiro atoms. The van der Waals surface area contributed by atoms with Gasteiger partial charge in [-0.1, -0.05) is 31.2 Å². The summed E-state index contributed by atoms with van der Waals surface area (Å²) in [5.41, 5.74) is 1.24. The van der Waals surface area contributed by atoms with E-state index < -0.39 is 29.9 Å². The van der Waals surface area contributed by atoms with E-state index in [2.05, 4.69) is 9.44 Å². The number of benzene rings is 2. The van der Waals surface area contributed by atoms with Crippen LogP contribution in [-0.2, 0) is 42.2 Å². The van der Waals surface area contributed by atoms with Gasteiger partial charge in [0.2, 0.25) is 20.0 Å². The molecule has 0 atom stereocenters. The fourth-order valence-corrected chi connectivity index (χ4v) is 5.96. The molecule has 0 aliphatic heterocycles. The van der Waals surface area contributed by atoms with Gasteiger partial charge in [0.1, 0.15) is 0 Å². The van der Waals surface area contributed by atoms with E-state index in [-0.39, 0.29) is 33.9 Å². The first-order valence-corrected chi connectivity index (χ1v) is 14.0. The maximum Gasteiger partial charge on any atom is 0.240 e. The molecule has 8 nitrogen and oxygen atoms in total. The second-order valence-corrected chi connectivity index (χ2v) is 12.8. The van der Waals surface area contributed by atoms with Crippen molar-refractivity contribution in [2.24, 2.45) is 0 Å². The van der Waals surface area contributed by atoms with Gasteiger partial charge in [0, 0.05) is 12.6 Å². The van der Waals surface area contributed by atoms with Crippen LogP contribution in [-0.4, -0.2) is 37.0 Å². The van der Waals surface area contributed by atoms with E-state index in [1.807, 2.05) is 0 Å². The Morgan fingerprint density at radius 3 is 1.77 bits per heavy atom. The molecule has 0 unspecified atom stereocenters. The third kappa shape index (κ3) is 6.88. The lowest BCUT2D eigenvalue weighted by Gasteiger charge is -2.10. The lowest BCUT2D eigenvalue weighted by atomic mass is 10.1. The van der Waals surface area contributed by atoms with Crippen molar-refractivity contribution in [2.75, 3.05) is 5.75 Å². The molecule has 0 saturated carbocycles. The molecule has 0 radical (unpaired) electrons. The van der Waals surface area contributed by atoms with E-state index in [1.165, 1.54) is 31.2 Å². The first-order chi connectivity index (χ1) is 13.8. The van der Waals surface area contributed by atoms with E-state index in [9.17, 15) is 25.3 Å². The Kier molecular flexibility index (Phi) is 7.80. The van der Waals surface area contributed by atoms with Crippen molar-refractivity contribution in [2.45, 2.75) is 48.9 Å². The topological polar surface area (TPSA) is 126 Å². The van der Waals surface area contributed by atoms with Crippen LogP contribution in [0.4, 0.5) is 0 Å². The maximum absolute atomic E-state index is 12.4. The maximum atomic E-state index is 12.4. The SMILES string of the molecule is CCS(=O)(=O)c1ccc(S(=O)(=O)NCc2ccc(CS(=O)(=O)NC(C)C)cc2)cc1. The third-order valence-corrected chi connectivity index (χ3v) is 8.85. The van der Waals surface area contributed by atoms with Gasteiger partial charge in [-0.2, -0.15) is 0 Å². The molecule has 2 aromatic carbocycles. The summed E-state index contributed by atoms with van der Waals surface area (Å²) in [5, 5.41) is 0. The van der Waals surface area contributed by atoms with Gasteiger partial charge < -0.3 is 0 Å². The van der Waals surface area contributed by atoms with E-state index in [0.717, 1.165) is 0 Å². The number of hydrogen-bond donors (Lipinski definition) is 2. The van der Waals surface area contributed by atoms with Crippen LogP contribution in [0.3, 0.4) is 0 Å². The Balaban J connectivity index is 2.04. The van der Waals surface area contributed by atoms with Crippen molar-refractivity contribution >= 4 is 29.9 Å². The summed E-state index contributed by atoms with van der Waals surface area (Å²) in [5.74, 6) is -0.230. The Morgan fingerprint density at radius 1 is 0.767 bits per heavy atom. The number of rotatable bonds is 10. The first-order valence-electron chi connectivity index (χ1n) is 9.25. The number of sulfone groups is 1. The fourth-order valence-electron chi connectivity index (χ4n) is 2.63. The predicted molar refractivity (Wildman–Crippen MR) is 116 cm³/mol. The van der Waals surface area contributed by atoms with Gasteiger partial charge in [-0.25, -0.2) is 34.7 Å². The average Bonchev–Trinajstić information content (AvgIpc) is 2.66. The molecule has 0 aliphatic rings. The summed E-state index contributed by atoms with van der Waals surface area (Å²) in [6, 6.07) is 11.4. The summed E-state index contributed by atoms with van der Waals surface area (Å²) in [4.78, 5) is 0.0291. The van der Waals surface area contributed by atoms with Gasteiger partial charge in [0.05, 0.1) is 21.3 Å². The van der Waals surface area contributed by atoms with Crippen LogP contribution in [0.1, 0.15) is 31.9 Å². The Morgan fingerprint density at radius 2 is 1.27 bits per heavy atom. The Bertz CT molecular complexity index is 1170. The normalized spacial score (nSPS) is 12.9. The highest BCUT2D eigenvalue weighted by molar-refractivity contribution is 7.91. The number of hydrogen-bond acceptors (Lipinski definition) is 6. The van der Waals surface area contributed by atoms with Crippen molar-refractivity contribution in [3.05, 3.63) is 59.7 Å². The predicted octanol–water partition coefficient (Wildman–Crippen LogP) is 1.79. The molecule has 30 heavy (non-hydrogen) atoms. The molecule has 0 fully saturated rings. The van der Waals surface area contributed by atoms with Crippen LogP contribution in [0.15, 0.2) is 58.3 Å².